The van der Waals surface area contributed by atoms with E-state index in [1.807, 2.05) is 18.2 Å². The zero-order valence-corrected chi connectivity index (χ0v) is 14.0. The number of carbonyl (C=O) groups excluding carboxylic acids is 3. The minimum Gasteiger partial charge on any atom is -0.468 e. The molecule has 0 spiro atoms. The lowest BCUT2D eigenvalue weighted by Crippen LogP contribution is -2.44. The number of ether oxygens (including phenoxy) is 2. The lowest BCUT2D eigenvalue weighted by Gasteiger charge is -2.32. The van der Waals surface area contributed by atoms with Crippen molar-refractivity contribution in [3.63, 3.8) is 0 Å². The highest BCUT2D eigenvalue weighted by Crippen LogP contribution is 2.39. The minimum absolute atomic E-state index is 0.0434. The van der Waals surface area contributed by atoms with Crippen LogP contribution in [0.15, 0.2) is 36.9 Å². The third kappa shape index (κ3) is 3.11. The van der Waals surface area contributed by atoms with Crippen LogP contribution in [0, 0.1) is 11.3 Å². The molecule has 0 radical (unpaired) electrons. The Bertz CT molecular complexity index is 645. The Morgan fingerprint density at radius 1 is 1.25 bits per heavy atom. The van der Waals surface area contributed by atoms with Crippen molar-refractivity contribution in [2.45, 2.75) is 25.7 Å². The highest BCUT2D eigenvalue weighted by molar-refractivity contribution is 6.03. The van der Waals surface area contributed by atoms with E-state index in [-0.39, 0.29) is 18.6 Å². The van der Waals surface area contributed by atoms with Crippen LogP contribution >= 0.6 is 0 Å². The number of Topliss-reactive ketones (excluding diaryl/α,β-unsaturated/α-hetero) is 1. The third-order valence-electron chi connectivity index (χ3n) is 4.66. The molecule has 1 aromatic carbocycles. The Kier molecular flexibility index (Phi) is 5.54. The van der Waals surface area contributed by atoms with E-state index in [0.717, 1.165) is 12.0 Å². The molecule has 0 saturated carbocycles. The second-order valence-corrected chi connectivity index (χ2v) is 6.02. The molecule has 0 aromatic heterocycles. The van der Waals surface area contributed by atoms with Crippen LogP contribution in [0.3, 0.4) is 0 Å². The average Bonchev–Trinajstić information content (AvgIpc) is 2.62. The number of hydrogen-bond donors (Lipinski definition) is 0. The second kappa shape index (κ2) is 7.43. The van der Waals surface area contributed by atoms with Crippen molar-refractivity contribution in [2.24, 2.45) is 11.3 Å². The first-order valence-corrected chi connectivity index (χ1v) is 7.90. The van der Waals surface area contributed by atoms with E-state index in [1.165, 1.54) is 20.3 Å². The van der Waals surface area contributed by atoms with Gasteiger partial charge in [0.05, 0.1) is 14.2 Å². The summed E-state index contributed by atoms with van der Waals surface area (Å²) >= 11 is 0. The molecule has 0 fully saturated rings. The van der Waals surface area contributed by atoms with Gasteiger partial charge in [0.15, 0.2) is 11.2 Å². The van der Waals surface area contributed by atoms with Gasteiger partial charge in [-0.3, -0.25) is 14.4 Å². The van der Waals surface area contributed by atoms with Gasteiger partial charge in [0.1, 0.15) is 0 Å². The zero-order chi connectivity index (χ0) is 17.7. The smallest absolute Gasteiger partial charge is 0.323 e. The first kappa shape index (κ1) is 17.9. The predicted octanol–water partition coefficient (Wildman–Crippen LogP) is 2.73. The van der Waals surface area contributed by atoms with E-state index < -0.39 is 23.3 Å². The van der Waals surface area contributed by atoms with Crippen LogP contribution in [-0.2, 0) is 25.5 Å². The molecule has 0 saturated heterocycles. The van der Waals surface area contributed by atoms with Gasteiger partial charge < -0.3 is 9.47 Å². The standard InChI is InChI=1S/C19H22O5/c1-4-11-19(17(21)23-2,18(22)24-3)12-14-10-9-13-7-5-6-8-15(13)16(14)20/h4-8,14H,1,9-12H2,2-3H3. The van der Waals surface area contributed by atoms with E-state index in [1.54, 1.807) is 6.07 Å². The zero-order valence-electron chi connectivity index (χ0n) is 14.0. The molecule has 2 rings (SSSR count). The van der Waals surface area contributed by atoms with E-state index in [2.05, 4.69) is 6.58 Å². The summed E-state index contributed by atoms with van der Waals surface area (Å²) in [5, 5.41) is 0. The molecule has 1 aliphatic rings. The van der Waals surface area contributed by atoms with E-state index >= 15 is 0 Å². The molecular formula is C19H22O5. The maximum absolute atomic E-state index is 12.8. The number of esters is 2. The minimum atomic E-state index is -1.53. The quantitative estimate of drug-likeness (QED) is 0.456. The molecule has 0 N–H and O–H groups in total. The van der Waals surface area contributed by atoms with Gasteiger partial charge in [0, 0.05) is 11.5 Å². The summed E-state index contributed by atoms with van der Waals surface area (Å²) in [6, 6.07) is 7.43. The molecule has 1 aliphatic carbocycles. The molecule has 0 heterocycles. The van der Waals surface area contributed by atoms with Crippen LogP contribution in [0.25, 0.3) is 0 Å². The van der Waals surface area contributed by atoms with Gasteiger partial charge in [-0.15, -0.1) is 6.58 Å². The fourth-order valence-corrected chi connectivity index (χ4v) is 3.41. The number of hydrogen-bond acceptors (Lipinski definition) is 5. The van der Waals surface area contributed by atoms with Gasteiger partial charge in [0.2, 0.25) is 0 Å². The molecule has 1 unspecified atom stereocenters. The molecule has 24 heavy (non-hydrogen) atoms. The predicted molar refractivity (Wildman–Crippen MR) is 88.5 cm³/mol. The maximum Gasteiger partial charge on any atom is 0.323 e. The topological polar surface area (TPSA) is 69.7 Å². The maximum atomic E-state index is 12.8. The molecular weight excluding hydrogens is 308 g/mol. The Morgan fingerprint density at radius 2 is 1.88 bits per heavy atom. The molecule has 0 bridgehead atoms. The fourth-order valence-electron chi connectivity index (χ4n) is 3.41. The number of benzene rings is 1. The first-order valence-electron chi connectivity index (χ1n) is 7.90. The normalized spacial score (nSPS) is 16.9. The molecule has 5 nitrogen and oxygen atoms in total. The van der Waals surface area contributed by atoms with E-state index in [0.29, 0.717) is 12.0 Å². The lowest BCUT2D eigenvalue weighted by atomic mass is 9.70. The number of aryl methyl sites for hydroxylation is 1. The van der Waals surface area contributed by atoms with Gasteiger partial charge in [0.25, 0.3) is 0 Å². The largest absolute Gasteiger partial charge is 0.468 e. The van der Waals surface area contributed by atoms with E-state index in [4.69, 9.17) is 9.47 Å². The molecule has 0 aliphatic heterocycles. The van der Waals surface area contributed by atoms with Gasteiger partial charge in [-0.1, -0.05) is 30.3 Å². The van der Waals surface area contributed by atoms with Crippen molar-refractivity contribution in [3.8, 4) is 0 Å². The number of carbonyl (C=O) groups is 3. The summed E-state index contributed by atoms with van der Waals surface area (Å²) in [6.45, 7) is 3.63. The van der Waals surface area contributed by atoms with E-state index in [9.17, 15) is 14.4 Å². The van der Waals surface area contributed by atoms with Crippen LogP contribution in [0.1, 0.15) is 35.2 Å². The van der Waals surface area contributed by atoms with Crippen molar-refractivity contribution < 1.29 is 23.9 Å². The Balaban J connectivity index is 2.36. The number of allylic oxidation sites excluding steroid dienone is 1. The first-order chi connectivity index (χ1) is 11.5. The van der Waals surface area contributed by atoms with Gasteiger partial charge in [-0.25, -0.2) is 0 Å². The third-order valence-corrected chi connectivity index (χ3v) is 4.66. The Labute approximate surface area is 141 Å². The Hall–Kier alpha value is -2.43. The summed E-state index contributed by atoms with van der Waals surface area (Å²) < 4.78 is 9.68. The van der Waals surface area contributed by atoms with Crippen molar-refractivity contribution in [1.29, 1.82) is 0 Å². The van der Waals surface area contributed by atoms with Crippen LogP contribution in [-0.4, -0.2) is 31.9 Å². The average molecular weight is 330 g/mol. The van der Waals surface area contributed by atoms with Gasteiger partial charge in [-0.2, -0.15) is 0 Å². The van der Waals surface area contributed by atoms with Crippen molar-refractivity contribution >= 4 is 17.7 Å². The van der Waals surface area contributed by atoms with Gasteiger partial charge >= 0.3 is 11.9 Å². The van der Waals surface area contributed by atoms with Crippen LogP contribution in [0.5, 0.6) is 0 Å². The molecule has 1 atom stereocenters. The summed E-state index contributed by atoms with van der Waals surface area (Å²) in [7, 11) is 2.45. The number of methoxy groups -OCH3 is 2. The van der Waals surface area contributed by atoms with Crippen LogP contribution in [0.4, 0.5) is 0 Å². The number of ketones is 1. The molecule has 128 valence electrons. The summed E-state index contributed by atoms with van der Waals surface area (Å²) in [5.74, 6) is -1.86. The van der Waals surface area contributed by atoms with Crippen molar-refractivity contribution in [1.82, 2.24) is 0 Å². The van der Waals surface area contributed by atoms with Gasteiger partial charge in [-0.05, 0) is 31.2 Å². The SMILES string of the molecule is C=CCC(CC1CCc2ccccc2C1=O)(C(=O)OC)C(=O)OC. The van der Waals surface area contributed by atoms with Crippen molar-refractivity contribution in [3.05, 3.63) is 48.0 Å². The van der Waals surface area contributed by atoms with Crippen LogP contribution < -0.4 is 0 Å². The molecule has 5 heteroatoms. The Morgan fingerprint density at radius 3 is 2.46 bits per heavy atom. The lowest BCUT2D eigenvalue weighted by molar-refractivity contribution is -0.170. The highest BCUT2D eigenvalue weighted by Gasteiger charge is 2.50. The monoisotopic (exact) mass is 330 g/mol. The number of fused-ring (bicyclic) bond motifs is 1. The summed E-state index contributed by atoms with van der Waals surface area (Å²) in [5.41, 5.74) is 0.137. The number of rotatable bonds is 6. The fraction of sp³-hybridized carbons (Fsp3) is 0.421. The van der Waals surface area contributed by atoms with Crippen molar-refractivity contribution in [2.75, 3.05) is 14.2 Å². The highest BCUT2D eigenvalue weighted by atomic mass is 16.5. The molecule has 0 amide bonds. The van der Waals surface area contributed by atoms with Crippen LogP contribution in [0.2, 0.25) is 0 Å². The summed E-state index contributed by atoms with van der Waals surface area (Å²) in [6.07, 6.45) is 2.93. The second-order valence-electron chi connectivity index (χ2n) is 6.02. The summed E-state index contributed by atoms with van der Waals surface area (Å²) in [4.78, 5) is 37.5. The molecule has 1 aromatic rings.